The van der Waals surface area contributed by atoms with Crippen LogP contribution in [0.5, 0.6) is 0 Å². The van der Waals surface area contributed by atoms with Crippen molar-refractivity contribution in [2.75, 3.05) is 5.32 Å². The van der Waals surface area contributed by atoms with Gasteiger partial charge in [0.25, 0.3) is 0 Å². The van der Waals surface area contributed by atoms with E-state index >= 15 is 0 Å². The van der Waals surface area contributed by atoms with Crippen LogP contribution in [0.1, 0.15) is 29.0 Å². The summed E-state index contributed by atoms with van der Waals surface area (Å²) in [6.07, 6.45) is -0.744. The first-order valence-corrected chi connectivity index (χ1v) is 10.3. The highest BCUT2D eigenvalue weighted by Gasteiger charge is 2.56. The number of carbonyl (C=O) groups excluding carboxylic acids is 2. The average molecular weight is 474 g/mol. The van der Waals surface area contributed by atoms with Crippen LogP contribution < -0.4 is 5.32 Å². The van der Waals surface area contributed by atoms with Crippen molar-refractivity contribution in [3.8, 4) is 0 Å². The van der Waals surface area contributed by atoms with Crippen molar-refractivity contribution < 1.29 is 32.7 Å². The Balaban J connectivity index is 1.36. The number of rotatable bonds is 5. The molecule has 2 fully saturated rings. The smallest absolute Gasteiger partial charge is 0.433 e. The van der Waals surface area contributed by atoms with Gasteiger partial charge in [0, 0.05) is 17.6 Å². The summed E-state index contributed by atoms with van der Waals surface area (Å²) < 4.78 is 40.0. The minimum absolute atomic E-state index is 0.125. The van der Waals surface area contributed by atoms with E-state index in [1.807, 2.05) is 0 Å². The highest BCUT2D eigenvalue weighted by Crippen LogP contribution is 2.48. The van der Waals surface area contributed by atoms with Gasteiger partial charge in [0.1, 0.15) is 24.1 Å². The first kappa shape index (κ1) is 21.8. The summed E-state index contributed by atoms with van der Waals surface area (Å²) in [6, 6.07) is 3.62. The maximum absolute atomic E-state index is 13.2. The van der Waals surface area contributed by atoms with Crippen LogP contribution in [0.2, 0.25) is 0 Å². The van der Waals surface area contributed by atoms with Crippen LogP contribution >= 0.6 is 0 Å². The first-order valence-electron chi connectivity index (χ1n) is 10.3. The summed E-state index contributed by atoms with van der Waals surface area (Å²) in [7, 11) is 0. The number of alkyl halides is 3. The number of piperidine rings is 1. The first-order chi connectivity index (χ1) is 16.1. The Hall–Kier alpha value is -4.03. The number of carboxylic acid groups (broad SMARTS) is 1. The van der Waals surface area contributed by atoms with Gasteiger partial charge in [-0.25, -0.2) is 9.78 Å². The molecule has 2 amide bonds. The van der Waals surface area contributed by atoms with Gasteiger partial charge >= 0.3 is 12.1 Å². The normalized spacial score (nSPS) is 21.4. The Labute approximate surface area is 189 Å². The summed E-state index contributed by atoms with van der Waals surface area (Å²) in [4.78, 5) is 46.4. The number of pyridine rings is 2. The second kappa shape index (κ2) is 7.78. The van der Waals surface area contributed by atoms with Crippen LogP contribution in [-0.4, -0.2) is 59.6 Å². The fraction of sp³-hybridized carbons (Fsp3) is 0.333. The molecule has 1 saturated carbocycles. The van der Waals surface area contributed by atoms with E-state index in [0.29, 0.717) is 17.3 Å². The summed E-state index contributed by atoms with van der Waals surface area (Å²) in [5, 5.41) is 16.1. The highest BCUT2D eigenvalue weighted by molar-refractivity contribution is 6.01. The zero-order valence-electron chi connectivity index (χ0n) is 17.4. The van der Waals surface area contributed by atoms with Gasteiger partial charge in [0.2, 0.25) is 11.8 Å². The molecule has 0 unspecified atom stereocenters. The van der Waals surface area contributed by atoms with Crippen LogP contribution in [0.3, 0.4) is 0 Å². The number of amides is 2. The van der Waals surface area contributed by atoms with Gasteiger partial charge < -0.3 is 15.3 Å². The third kappa shape index (κ3) is 3.82. The van der Waals surface area contributed by atoms with Crippen LogP contribution in [0.4, 0.5) is 19.0 Å². The Kier molecular flexibility index (Phi) is 4.99. The van der Waals surface area contributed by atoms with Gasteiger partial charge in [0.05, 0.1) is 11.7 Å². The molecule has 0 bridgehead atoms. The molecule has 2 aliphatic rings. The summed E-state index contributed by atoms with van der Waals surface area (Å²) >= 11 is 0. The van der Waals surface area contributed by atoms with E-state index in [9.17, 15) is 32.7 Å². The lowest BCUT2D eigenvalue weighted by Crippen LogP contribution is -2.46. The van der Waals surface area contributed by atoms with Crippen LogP contribution in [0.25, 0.3) is 10.9 Å². The van der Waals surface area contributed by atoms with Gasteiger partial charge in [-0.05, 0) is 37.0 Å². The number of halogens is 3. The lowest BCUT2D eigenvalue weighted by Gasteiger charge is -2.27. The molecular formula is C21H17F3N6O4. The summed E-state index contributed by atoms with van der Waals surface area (Å²) in [6.45, 7) is -0.315. The fourth-order valence-corrected chi connectivity index (χ4v) is 4.43. The number of fused-ring (bicyclic) bond motifs is 2. The number of carbonyl (C=O) groups is 3. The maximum atomic E-state index is 13.2. The lowest BCUT2D eigenvalue weighted by atomic mass is 10.1. The predicted molar refractivity (Wildman–Crippen MR) is 110 cm³/mol. The van der Waals surface area contributed by atoms with Crippen LogP contribution in [0.15, 0.2) is 36.7 Å². The molecule has 34 heavy (non-hydrogen) atoms. The summed E-state index contributed by atoms with van der Waals surface area (Å²) in [5.41, 5.74) is -1.00. The quantitative estimate of drug-likeness (QED) is 0.580. The number of hydrogen-bond donors (Lipinski definition) is 2. The van der Waals surface area contributed by atoms with Gasteiger partial charge in [0.15, 0.2) is 5.69 Å². The van der Waals surface area contributed by atoms with E-state index in [4.69, 9.17) is 0 Å². The van der Waals surface area contributed by atoms with E-state index in [-0.39, 0.29) is 30.0 Å². The highest BCUT2D eigenvalue weighted by atomic mass is 19.4. The van der Waals surface area contributed by atoms with Gasteiger partial charge in [-0.15, -0.1) is 0 Å². The molecule has 0 radical (unpaired) electrons. The largest absolute Gasteiger partial charge is 0.476 e. The average Bonchev–Trinajstić information content (AvgIpc) is 3.29. The Bertz CT molecular complexity index is 1320. The van der Waals surface area contributed by atoms with Crippen LogP contribution in [0, 0.1) is 5.92 Å². The maximum Gasteiger partial charge on any atom is 0.433 e. The molecule has 1 aliphatic carbocycles. The van der Waals surface area contributed by atoms with E-state index in [1.165, 1.54) is 34.1 Å². The molecular weight excluding hydrogens is 457 g/mol. The van der Waals surface area contributed by atoms with E-state index < -0.39 is 35.7 Å². The van der Waals surface area contributed by atoms with Gasteiger partial charge in [-0.2, -0.15) is 18.3 Å². The Morgan fingerprint density at radius 3 is 2.71 bits per heavy atom. The topological polar surface area (TPSA) is 130 Å². The van der Waals surface area contributed by atoms with Crippen molar-refractivity contribution in [3.05, 3.63) is 48.0 Å². The number of anilines is 1. The van der Waals surface area contributed by atoms with Gasteiger partial charge in [-0.3, -0.25) is 19.3 Å². The molecule has 10 nitrogen and oxygen atoms in total. The fourth-order valence-electron chi connectivity index (χ4n) is 4.43. The third-order valence-corrected chi connectivity index (χ3v) is 6.03. The van der Waals surface area contributed by atoms with E-state index in [2.05, 4.69) is 20.4 Å². The lowest BCUT2D eigenvalue weighted by molar-refractivity contribution is -0.141. The number of likely N-dealkylation sites (tertiary alicyclic amines) is 1. The van der Waals surface area contributed by atoms with Crippen LogP contribution in [-0.2, 0) is 22.3 Å². The zero-order chi connectivity index (χ0) is 24.2. The number of nitrogens with zero attached hydrogens (tertiary/aromatic N) is 5. The minimum Gasteiger partial charge on any atom is -0.476 e. The molecule has 0 aromatic carbocycles. The van der Waals surface area contributed by atoms with Gasteiger partial charge in [-0.1, -0.05) is 6.07 Å². The van der Waals surface area contributed by atoms with Crippen molar-refractivity contribution in [1.29, 1.82) is 0 Å². The molecule has 1 aliphatic heterocycles. The Morgan fingerprint density at radius 2 is 1.97 bits per heavy atom. The molecule has 3 aromatic rings. The van der Waals surface area contributed by atoms with Crippen molar-refractivity contribution in [2.45, 2.75) is 37.6 Å². The predicted octanol–water partition coefficient (Wildman–Crippen LogP) is 2.17. The number of carboxylic acids is 1. The molecule has 3 aromatic heterocycles. The van der Waals surface area contributed by atoms with Crippen molar-refractivity contribution in [3.63, 3.8) is 0 Å². The zero-order valence-corrected chi connectivity index (χ0v) is 17.4. The Morgan fingerprint density at radius 1 is 1.18 bits per heavy atom. The third-order valence-electron chi connectivity index (χ3n) is 6.03. The van der Waals surface area contributed by atoms with Crippen molar-refractivity contribution >= 4 is 34.5 Å². The SMILES string of the molecule is O=C(O)c1nn(CC(=O)N2[C@@H]3C[C@@H]3C[C@H]2C(=O)Nc2cccc(C(F)(F)F)n2)c2cnccc12. The second-order valence-electron chi connectivity index (χ2n) is 8.21. The number of nitrogens with one attached hydrogen (secondary N) is 1. The molecule has 13 heteroatoms. The molecule has 2 N–H and O–H groups in total. The van der Waals surface area contributed by atoms with Crippen molar-refractivity contribution in [2.24, 2.45) is 5.92 Å². The minimum atomic E-state index is -4.66. The molecule has 0 spiro atoms. The standard InChI is InChI=1S/C21H17F3N6O4/c22-21(23,24)15-2-1-3-16(26-15)27-19(32)13-7-10-6-12(10)30(13)17(31)9-29-14-8-25-5-4-11(14)18(28-29)20(33)34/h1-5,8,10,12-13H,6-7,9H2,(H,33,34)(H,26,27,32)/t10-,12-,13+/m1/s1. The molecule has 4 heterocycles. The van der Waals surface area contributed by atoms with E-state index in [0.717, 1.165) is 18.6 Å². The number of hydrogen-bond acceptors (Lipinski definition) is 6. The monoisotopic (exact) mass is 474 g/mol. The van der Waals surface area contributed by atoms with Crippen molar-refractivity contribution in [1.82, 2.24) is 24.6 Å². The number of aromatic nitrogens is 4. The molecule has 1 saturated heterocycles. The summed E-state index contributed by atoms with van der Waals surface area (Å²) in [5.74, 6) is -2.47. The van der Waals surface area contributed by atoms with E-state index in [1.54, 1.807) is 0 Å². The molecule has 5 rings (SSSR count). The molecule has 3 atom stereocenters. The molecule has 176 valence electrons. The second-order valence-corrected chi connectivity index (χ2v) is 8.21. The number of aromatic carboxylic acids is 1.